The summed E-state index contributed by atoms with van der Waals surface area (Å²) in [5.74, 6) is 1.17. The third-order valence-electron chi connectivity index (χ3n) is 4.36. The molecular weight excluding hydrogens is 392 g/mol. The van der Waals surface area contributed by atoms with Crippen LogP contribution in [0.3, 0.4) is 0 Å². The van der Waals surface area contributed by atoms with Gasteiger partial charge in [-0.05, 0) is 50.2 Å². The number of benzene rings is 2. The van der Waals surface area contributed by atoms with Gasteiger partial charge in [-0.1, -0.05) is 12.1 Å². The van der Waals surface area contributed by atoms with Crippen LogP contribution >= 0.6 is 0 Å². The standard InChI is InChI=1S/C20H22N4O4S/c1-13(2)29(26,27)17-7-5-4-6-16(17)20(25)21-12-18-22-19(24-23-18)14-8-10-15(28-3)11-9-14/h4-11,13H,12H2,1-3H3,(H,21,25)(H,22,23,24). The van der Waals surface area contributed by atoms with Crippen LogP contribution in [0.15, 0.2) is 53.4 Å². The molecule has 29 heavy (non-hydrogen) atoms. The van der Waals surface area contributed by atoms with Crippen LogP contribution in [-0.2, 0) is 16.4 Å². The highest BCUT2D eigenvalue weighted by Crippen LogP contribution is 2.21. The first-order valence-corrected chi connectivity index (χ1v) is 10.5. The van der Waals surface area contributed by atoms with Crippen molar-refractivity contribution in [2.24, 2.45) is 0 Å². The second kappa shape index (κ2) is 8.44. The predicted octanol–water partition coefficient (Wildman–Crippen LogP) is 2.59. The van der Waals surface area contributed by atoms with Gasteiger partial charge in [0, 0.05) is 5.56 Å². The molecule has 0 aliphatic carbocycles. The first kappa shape index (κ1) is 20.5. The smallest absolute Gasteiger partial charge is 0.252 e. The number of hydrogen-bond acceptors (Lipinski definition) is 6. The molecule has 8 nitrogen and oxygen atoms in total. The maximum atomic E-state index is 12.6. The molecule has 0 aliphatic rings. The van der Waals surface area contributed by atoms with Crippen LogP contribution in [-0.4, -0.2) is 41.9 Å². The molecule has 1 amide bonds. The molecule has 3 rings (SSSR count). The summed E-state index contributed by atoms with van der Waals surface area (Å²) in [7, 11) is -1.99. The maximum Gasteiger partial charge on any atom is 0.252 e. The molecule has 1 aromatic heterocycles. The Balaban J connectivity index is 1.73. The van der Waals surface area contributed by atoms with Gasteiger partial charge in [0.1, 0.15) is 11.6 Å². The first-order valence-electron chi connectivity index (χ1n) is 8.99. The van der Waals surface area contributed by atoms with Crippen LogP contribution < -0.4 is 10.1 Å². The van der Waals surface area contributed by atoms with Crippen LogP contribution in [0.2, 0.25) is 0 Å². The van der Waals surface area contributed by atoms with Crippen molar-refractivity contribution >= 4 is 15.7 Å². The van der Waals surface area contributed by atoms with Crippen molar-refractivity contribution in [2.75, 3.05) is 7.11 Å². The molecule has 0 saturated carbocycles. The number of sulfone groups is 1. The Kier molecular flexibility index (Phi) is 5.97. The highest BCUT2D eigenvalue weighted by Gasteiger charge is 2.25. The second-order valence-corrected chi connectivity index (χ2v) is 9.08. The van der Waals surface area contributed by atoms with Crippen LogP contribution in [0.5, 0.6) is 5.75 Å². The lowest BCUT2D eigenvalue weighted by Crippen LogP contribution is -2.26. The summed E-state index contributed by atoms with van der Waals surface area (Å²) >= 11 is 0. The third kappa shape index (κ3) is 4.45. The molecule has 0 saturated heterocycles. The molecule has 0 atom stereocenters. The summed E-state index contributed by atoms with van der Waals surface area (Å²) in [5.41, 5.74) is 0.907. The van der Waals surface area contributed by atoms with Crippen molar-refractivity contribution in [3.63, 3.8) is 0 Å². The number of nitrogens with one attached hydrogen (secondary N) is 2. The molecule has 0 bridgehead atoms. The fraction of sp³-hybridized carbons (Fsp3) is 0.250. The van der Waals surface area contributed by atoms with Gasteiger partial charge in [-0.3, -0.25) is 9.89 Å². The molecule has 1 heterocycles. The zero-order valence-corrected chi connectivity index (χ0v) is 17.2. The number of carbonyl (C=O) groups excluding carboxylic acids is 1. The van der Waals surface area contributed by atoms with Crippen LogP contribution in [0.4, 0.5) is 0 Å². The van der Waals surface area contributed by atoms with Crippen molar-refractivity contribution < 1.29 is 17.9 Å². The quantitative estimate of drug-likeness (QED) is 0.614. The van der Waals surface area contributed by atoms with E-state index >= 15 is 0 Å². The zero-order chi connectivity index (χ0) is 21.0. The normalized spacial score (nSPS) is 11.4. The minimum atomic E-state index is -3.58. The Hall–Kier alpha value is -3.20. The summed E-state index contributed by atoms with van der Waals surface area (Å²) in [6.07, 6.45) is 0. The van der Waals surface area contributed by atoms with Gasteiger partial charge in [0.05, 0.1) is 29.4 Å². The van der Waals surface area contributed by atoms with Gasteiger partial charge in [0.25, 0.3) is 5.91 Å². The van der Waals surface area contributed by atoms with Crippen LogP contribution in [0, 0.1) is 0 Å². The van der Waals surface area contributed by atoms with Gasteiger partial charge in [-0.25, -0.2) is 13.4 Å². The lowest BCUT2D eigenvalue weighted by atomic mass is 10.2. The number of amides is 1. The summed E-state index contributed by atoms with van der Waals surface area (Å²) in [4.78, 5) is 17.0. The highest BCUT2D eigenvalue weighted by atomic mass is 32.2. The van der Waals surface area contributed by atoms with Crippen molar-refractivity contribution in [1.29, 1.82) is 0 Å². The molecule has 0 fully saturated rings. The number of aromatic nitrogens is 3. The van der Waals surface area contributed by atoms with E-state index in [0.29, 0.717) is 11.6 Å². The van der Waals surface area contributed by atoms with E-state index < -0.39 is 21.0 Å². The van der Waals surface area contributed by atoms with Crippen molar-refractivity contribution in [3.05, 3.63) is 59.9 Å². The van der Waals surface area contributed by atoms with Crippen LogP contribution in [0.25, 0.3) is 11.4 Å². The van der Waals surface area contributed by atoms with E-state index in [1.807, 2.05) is 12.1 Å². The number of methoxy groups -OCH3 is 1. The Morgan fingerprint density at radius 1 is 1.14 bits per heavy atom. The number of H-pyrrole nitrogens is 1. The Morgan fingerprint density at radius 3 is 2.48 bits per heavy atom. The average Bonchev–Trinajstić information content (AvgIpc) is 3.21. The largest absolute Gasteiger partial charge is 0.497 e. The third-order valence-corrected chi connectivity index (χ3v) is 6.57. The van der Waals surface area contributed by atoms with E-state index in [1.165, 1.54) is 12.1 Å². The van der Waals surface area contributed by atoms with Crippen molar-refractivity contribution in [1.82, 2.24) is 20.5 Å². The SMILES string of the molecule is COc1ccc(-c2n[nH]c(CNC(=O)c3ccccc3S(=O)(=O)C(C)C)n2)cc1. The van der Waals surface area contributed by atoms with Crippen molar-refractivity contribution in [3.8, 4) is 17.1 Å². The number of carbonyl (C=O) groups is 1. The fourth-order valence-corrected chi connectivity index (χ4v) is 3.90. The van der Waals surface area contributed by atoms with Crippen molar-refractivity contribution in [2.45, 2.75) is 30.5 Å². The van der Waals surface area contributed by atoms with E-state index in [2.05, 4.69) is 20.5 Å². The van der Waals surface area contributed by atoms with Gasteiger partial charge in [0.2, 0.25) is 0 Å². The zero-order valence-electron chi connectivity index (χ0n) is 16.3. The Morgan fingerprint density at radius 2 is 1.83 bits per heavy atom. The minimum Gasteiger partial charge on any atom is -0.497 e. The van der Waals surface area contributed by atoms with Gasteiger partial charge in [-0.2, -0.15) is 5.10 Å². The molecule has 2 aromatic carbocycles. The van der Waals surface area contributed by atoms with E-state index in [4.69, 9.17) is 4.74 Å². The van der Waals surface area contributed by atoms with E-state index in [-0.39, 0.29) is 17.0 Å². The summed E-state index contributed by atoms with van der Waals surface area (Å²) in [6.45, 7) is 3.25. The highest BCUT2D eigenvalue weighted by molar-refractivity contribution is 7.92. The molecule has 0 unspecified atom stereocenters. The van der Waals surface area contributed by atoms with Gasteiger partial charge < -0.3 is 10.1 Å². The molecule has 2 N–H and O–H groups in total. The molecule has 0 radical (unpaired) electrons. The predicted molar refractivity (Wildman–Crippen MR) is 108 cm³/mol. The van der Waals surface area contributed by atoms with Gasteiger partial charge in [0.15, 0.2) is 15.7 Å². The average molecular weight is 414 g/mol. The number of nitrogens with zero attached hydrogens (tertiary/aromatic N) is 2. The summed E-state index contributed by atoms with van der Waals surface area (Å²) in [6, 6.07) is 13.4. The monoisotopic (exact) mass is 414 g/mol. The molecule has 0 spiro atoms. The molecule has 3 aromatic rings. The number of aromatic amines is 1. The summed E-state index contributed by atoms with van der Waals surface area (Å²) in [5, 5.41) is 8.99. The number of rotatable bonds is 7. The topological polar surface area (TPSA) is 114 Å². The summed E-state index contributed by atoms with van der Waals surface area (Å²) < 4.78 is 30.2. The second-order valence-electron chi connectivity index (χ2n) is 6.61. The number of hydrogen-bond donors (Lipinski definition) is 2. The fourth-order valence-electron chi connectivity index (χ4n) is 2.66. The molecular formula is C20H22N4O4S. The maximum absolute atomic E-state index is 12.6. The van der Waals surface area contributed by atoms with Gasteiger partial charge in [-0.15, -0.1) is 0 Å². The van der Waals surface area contributed by atoms with Gasteiger partial charge >= 0.3 is 0 Å². The Bertz CT molecular complexity index is 1110. The Labute approximate surface area is 169 Å². The van der Waals surface area contributed by atoms with Crippen LogP contribution in [0.1, 0.15) is 30.0 Å². The molecule has 152 valence electrons. The first-order chi connectivity index (χ1) is 13.8. The lowest BCUT2D eigenvalue weighted by Gasteiger charge is -2.12. The number of ether oxygens (including phenoxy) is 1. The van der Waals surface area contributed by atoms with E-state index in [1.54, 1.807) is 45.2 Å². The lowest BCUT2D eigenvalue weighted by molar-refractivity contribution is 0.0946. The molecule has 9 heteroatoms. The van der Waals surface area contributed by atoms with E-state index in [9.17, 15) is 13.2 Å². The van der Waals surface area contributed by atoms with E-state index in [0.717, 1.165) is 11.3 Å². The molecule has 0 aliphatic heterocycles. The minimum absolute atomic E-state index is 0.0176.